The summed E-state index contributed by atoms with van der Waals surface area (Å²) in [6, 6.07) is 80.7. The Morgan fingerprint density at radius 2 is 0.739 bits per heavy atom. The van der Waals surface area contributed by atoms with E-state index in [9.17, 15) is 0 Å². The van der Waals surface area contributed by atoms with Gasteiger partial charge in [0.25, 0.3) is 0 Å². The molecule has 0 aliphatic carbocycles. The number of rotatable bonds is 8. The lowest BCUT2D eigenvalue weighted by Gasteiger charge is -2.28. The van der Waals surface area contributed by atoms with E-state index < -0.39 is 0 Å². The molecular weight excluding hydrogens is 841 g/mol. The zero-order valence-electron chi connectivity index (χ0n) is 38.6. The second-order valence-corrected chi connectivity index (χ2v) is 18.3. The van der Waals surface area contributed by atoms with Crippen molar-refractivity contribution in [3.8, 4) is 22.3 Å². The summed E-state index contributed by atoms with van der Waals surface area (Å²) in [5.74, 6) is 0. The fourth-order valence-corrected chi connectivity index (χ4v) is 10.4. The van der Waals surface area contributed by atoms with Gasteiger partial charge in [0.2, 0.25) is 0 Å². The molecule has 69 heavy (non-hydrogen) atoms. The van der Waals surface area contributed by atoms with E-state index >= 15 is 0 Å². The van der Waals surface area contributed by atoms with E-state index in [-0.39, 0.29) is 0 Å². The average Bonchev–Trinajstić information content (AvgIpc) is 3.95. The molecular formula is C65H46N2O2. The molecule has 2 heterocycles. The number of furan rings is 2. The molecule has 0 N–H and O–H groups in total. The van der Waals surface area contributed by atoms with Crippen molar-refractivity contribution in [2.45, 2.75) is 20.8 Å². The molecule has 0 amide bonds. The topological polar surface area (TPSA) is 32.8 Å². The highest BCUT2D eigenvalue weighted by atomic mass is 16.4. The molecule has 0 aliphatic rings. The summed E-state index contributed by atoms with van der Waals surface area (Å²) >= 11 is 0. The van der Waals surface area contributed by atoms with Crippen molar-refractivity contribution in [1.29, 1.82) is 0 Å². The van der Waals surface area contributed by atoms with Gasteiger partial charge in [0, 0.05) is 55.7 Å². The van der Waals surface area contributed by atoms with E-state index in [1.54, 1.807) is 0 Å². The van der Waals surface area contributed by atoms with Crippen LogP contribution in [0, 0.1) is 20.8 Å². The monoisotopic (exact) mass is 886 g/mol. The zero-order valence-corrected chi connectivity index (χ0v) is 38.6. The molecule has 328 valence electrons. The second kappa shape index (κ2) is 16.2. The van der Waals surface area contributed by atoms with E-state index in [2.05, 4.69) is 255 Å². The number of fused-ring (bicyclic) bond motifs is 9. The van der Waals surface area contributed by atoms with Crippen LogP contribution in [0.15, 0.2) is 233 Å². The minimum atomic E-state index is 0.769. The number of anilines is 6. The largest absolute Gasteiger partial charge is 0.452 e. The van der Waals surface area contributed by atoms with Crippen molar-refractivity contribution in [2.75, 3.05) is 9.80 Å². The van der Waals surface area contributed by atoms with Crippen LogP contribution in [-0.2, 0) is 0 Å². The van der Waals surface area contributed by atoms with E-state index in [1.807, 2.05) is 0 Å². The number of aryl methyl sites for hydroxylation is 3. The SMILES string of the molecule is Cc1ccc(-c2ccccc2)cc1N(c1ccccc1)c1ccc2cc3c(cc2c1)oc1c3cc(C)c2c3cc4ccc(N(c5ccccc5)c5cc(-c6ccccc6)ccc5C)cc4cc3oc12. The van der Waals surface area contributed by atoms with Gasteiger partial charge < -0.3 is 18.6 Å². The van der Waals surface area contributed by atoms with Crippen LogP contribution in [0.3, 0.4) is 0 Å². The molecule has 4 nitrogen and oxygen atoms in total. The van der Waals surface area contributed by atoms with Crippen LogP contribution in [0.25, 0.3) is 87.7 Å². The van der Waals surface area contributed by atoms with Crippen LogP contribution in [-0.4, -0.2) is 0 Å². The predicted molar refractivity (Wildman–Crippen MR) is 290 cm³/mol. The summed E-state index contributed by atoms with van der Waals surface area (Å²) in [7, 11) is 0. The highest BCUT2D eigenvalue weighted by molar-refractivity contribution is 6.22. The van der Waals surface area contributed by atoms with Crippen molar-refractivity contribution < 1.29 is 8.83 Å². The summed E-state index contributed by atoms with van der Waals surface area (Å²) in [6.45, 7) is 6.56. The van der Waals surface area contributed by atoms with E-state index in [1.165, 1.54) is 33.4 Å². The van der Waals surface area contributed by atoms with Crippen molar-refractivity contribution in [1.82, 2.24) is 0 Å². The number of para-hydroxylation sites is 2. The molecule has 2 aromatic heterocycles. The Hall–Kier alpha value is -8.86. The van der Waals surface area contributed by atoms with Crippen molar-refractivity contribution in [3.63, 3.8) is 0 Å². The first-order valence-electron chi connectivity index (χ1n) is 23.6. The molecule has 0 saturated carbocycles. The molecule has 13 aromatic rings. The molecule has 4 heteroatoms. The number of benzene rings is 11. The number of hydrogen-bond donors (Lipinski definition) is 0. The van der Waals surface area contributed by atoms with Gasteiger partial charge in [0.15, 0.2) is 11.2 Å². The van der Waals surface area contributed by atoms with Crippen molar-refractivity contribution in [2.24, 2.45) is 0 Å². The molecule has 0 atom stereocenters. The Labute approximate surface area is 400 Å². The minimum absolute atomic E-state index is 0.769. The maximum Gasteiger partial charge on any atom is 0.178 e. The summed E-state index contributed by atoms with van der Waals surface area (Å²) in [5, 5.41) is 8.79. The molecule has 0 aliphatic heterocycles. The summed E-state index contributed by atoms with van der Waals surface area (Å²) in [4.78, 5) is 4.73. The molecule has 0 saturated heterocycles. The Morgan fingerprint density at radius 1 is 0.290 bits per heavy atom. The van der Waals surface area contributed by atoms with Crippen molar-refractivity contribution in [3.05, 3.63) is 241 Å². The van der Waals surface area contributed by atoms with Crippen LogP contribution < -0.4 is 9.80 Å². The van der Waals surface area contributed by atoms with Gasteiger partial charge in [-0.05, 0) is 172 Å². The Kier molecular flexibility index (Phi) is 9.48. The molecule has 13 rings (SSSR count). The third-order valence-electron chi connectivity index (χ3n) is 13.9. The van der Waals surface area contributed by atoms with Gasteiger partial charge >= 0.3 is 0 Å². The van der Waals surface area contributed by atoms with Crippen LogP contribution in [0.2, 0.25) is 0 Å². The van der Waals surface area contributed by atoms with Crippen LogP contribution in [0.4, 0.5) is 34.1 Å². The molecule has 0 spiro atoms. The lowest BCUT2D eigenvalue weighted by molar-refractivity contribution is 0.633. The Balaban J connectivity index is 0.925. The van der Waals surface area contributed by atoms with Gasteiger partial charge in [-0.1, -0.05) is 133 Å². The van der Waals surface area contributed by atoms with Gasteiger partial charge in [-0.25, -0.2) is 0 Å². The van der Waals surface area contributed by atoms with Gasteiger partial charge in [-0.3, -0.25) is 0 Å². The number of hydrogen-bond acceptors (Lipinski definition) is 4. The normalized spacial score (nSPS) is 11.7. The smallest absolute Gasteiger partial charge is 0.178 e. The molecule has 0 radical (unpaired) electrons. The predicted octanol–water partition coefficient (Wildman–Crippen LogP) is 19.0. The van der Waals surface area contributed by atoms with Gasteiger partial charge in [-0.2, -0.15) is 0 Å². The molecule has 11 aromatic carbocycles. The third-order valence-corrected chi connectivity index (χ3v) is 13.9. The van der Waals surface area contributed by atoms with Crippen LogP contribution >= 0.6 is 0 Å². The van der Waals surface area contributed by atoms with E-state index in [0.717, 1.165) is 105 Å². The summed E-state index contributed by atoms with van der Waals surface area (Å²) in [6.07, 6.45) is 0. The molecule has 0 unspecified atom stereocenters. The van der Waals surface area contributed by atoms with E-state index in [0.29, 0.717) is 0 Å². The maximum atomic E-state index is 6.92. The van der Waals surface area contributed by atoms with Gasteiger partial charge in [0.05, 0.1) is 0 Å². The standard InChI is InChI=1S/C65H46N2O2/c1-41-24-26-48(44-16-8-4-9-17-44)37-59(41)66(52-20-12-6-13-21-52)54-30-28-46-35-56-57-32-43(3)63-58-36-47-29-31-55(34-51(47)40-62(58)69-65(63)64(57)68-61(56)39-50(46)33-54)67(53-22-14-7-15-23-53)60-38-49(27-25-42(60)2)45-18-10-5-11-19-45/h4-40H,1-3H3. The molecule has 0 fully saturated rings. The summed E-state index contributed by atoms with van der Waals surface area (Å²) in [5.41, 5.74) is 18.1. The molecule has 0 bridgehead atoms. The zero-order chi connectivity index (χ0) is 46.2. The van der Waals surface area contributed by atoms with Gasteiger partial charge in [-0.15, -0.1) is 0 Å². The van der Waals surface area contributed by atoms with E-state index in [4.69, 9.17) is 8.83 Å². The second-order valence-electron chi connectivity index (χ2n) is 18.3. The van der Waals surface area contributed by atoms with Crippen LogP contribution in [0.5, 0.6) is 0 Å². The highest BCUT2D eigenvalue weighted by Crippen LogP contribution is 2.46. The van der Waals surface area contributed by atoms with Gasteiger partial charge in [0.1, 0.15) is 11.2 Å². The first-order valence-corrected chi connectivity index (χ1v) is 23.6. The maximum absolute atomic E-state index is 6.92. The lowest BCUT2D eigenvalue weighted by Crippen LogP contribution is -2.11. The quantitative estimate of drug-likeness (QED) is 0.152. The van der Waals surface area contributed by atoms with Crippen molar-refractivity contribution >= 4 is 99.5 Å². The minimum Gasteiger partial charge on any atom is -0.452 e. The fraction of sp³-hybridized carbons (Fsp3) is 0.0462. The Morgan fingerprint density at radius 3 is 1.25 bits per heavy atom. The first kappa shape index (κ1) is 40.4. The lowest BCUT2D eigenvalue weighted by atomic mass is 9.99. The fourth-order valence-electron chi connectivity index (χ4n) is 10.4. The number of nitrogens with zero attached hydrogens (tertiary/aromatic N) is 2. The third kappa shape index (κ3) is 6.91. The average molecular weight is 887 g/mol. The summed E-state index contributed by atoms with van der Waals surface area (Å²) < 4.78 is 13.8. The van der Waals surface area contributed by atoms with Crippen LogP contribution in [0.1, 0.15) is 16.7 Å². The Bertz CT molecular complexity index is 4100. The highest BCUT2D eigenvalue weighted by Gasteiger charge is 2.22. The first-order chi connectivity index (χ1) is 33.9.